The molecule has 0 bridgehead atoms. The van der Waals surface area contributed by atoms with E-state index in [1.807, 2.05) is 0 Å². The van der Waals surface area contributed by atoms with Crippen LogP contribution in [0.5, 0.6) is 0 Å². The molecule has 0 aliphatic rings. The minimum absolute atomic E-state index is 0.436. The fourth-order valence-corrected chi connectivity index (χ4v) is 2.50. The third kappa shape index (κ3) is 3.00. The third-order valence-electron chi connectivity index (χ3n) is 3.85. The molecule has 0 aliphatic carbocycles. The third-order valence-corrected chi connectivity index (χ3v) is 3.85. The van der Waals surface area contributed by atoms with Gasteiger partial charge in [0.05, 0.1) is 0 Å². The minimum atomic E-state index is 0.436. The van der Waals surface area contributed by atoms with Crippen LogP contribution in [0.25, 0.3) is 0 Å². The van der Waals surface area contributed by atoms with Gasteiger partial charge in [-0.25, -0.2) is 0 Å². The molecule has 0 N–H and O–H groups in total. The molecule has 13 heavy (non-hydrogen) atoms. The van der Waals surface area contributed by atoms with Crippen molar-refractivity contribution in [3.63, 3.8) is 0 Å². The Morgan fingerprint density at radius 1 is 1.00 bits per heavy atom. The zero-order valence-electron chi connectivity index (χ0n) is 10.2. The van der Waals surface area contributed by atoms with Crippen molar-refractivity contribution in [2.45, 2.75) is 66.7 Å². The van der Waals surface area contributed by atoms with E-state index in [0.29, 0.717) is 10.8 Å². The SMILES string of the molecule is [CH2]CCCC(CC)(CC)C(C)(C)C. The smallest absolute Gasteiger partial charge is 0.0254 e. The van der Waals surface area contributed by atoms with Gasteiger partial charge < -0.3 is 0 Å². The summed E-state index contributed by atoms with van der Waals surface area (Å²) in [5, 5.41) is 0. The number of unbranched alkanes of at least 4 members (excludes halogenated alkanes) is 1. The van der Waals surface area contributed by atoms with Crippen LogP contribution >= 0.6 is 0 Å². The average Bonchev–Trinajstić information content (AvgIpc) is 2.05. The van der Waals surface area contributed by atoms with Crippen molar-refractivity contribution in [3.8, 4) is 0 Å². The van der Waals surface area contributed by atoms with Gasteiger partial charge in [-0.05, 0) is 30.1 Å². The molecule has 0 aromatic rings. The predicted octanol–water partition coefficient (Wildman–Crippen LogP) is 4.84. The average molecular weight is 183 g/mol. The minimum Gasteiger partial charge on any atom is -0.0648 e. The molecule has 0 aromatic carbocycles. The highest BCUT2D eigenvalue weighted by atomic mass is 14.4. The Morgan fingerprint density at radius 2 is 1.46 bits per heavy atom. The van der Waals surface area contributed by atoms with Gasteiger partial charge in [0, 0.05) is 0 Å². The lowest BCUT2D eigenvalue weighted by molar-refractivity contribution is 0.0613. The van der Waals surface area contributed by atoms with Crippen molar-refractivity contribution in [1.29, 1.82) is 0 Å². The van der Waals surface area contributed by atoms with Crippen LogP contribution in [0.1, 0.15) is 66.7 Å². The van der Waals surface area contributed by atoms with Crippen molar-refractivity contribution in [2.24, 2.45) is 10.8 Å². The van der Waals surface area contributed by atoms with Gasteiger partial charge in [-0.1, -0.05) is 54.4 Å². The van der Waals surface area contributed by atoms with Crippen LogP contribution in [0.3, 0.4) is 0 Å². The molecule has 0 heteroatoms. The van der Waals surface area contributed by atoms with E-state index < -0.39 is 0 Å². The largest absolute Gasteiger partial charge is 0.0648 e. The molecular formula is C13H27. The molecule has 0 rings (SSSR count). The molecule has 0 saturated heterocycles. The molecule has 0 heterocycles. The monoisotopic (exact) mass is 183 g/mol. The van der Waals surface area contributed by atoms with E-state index in [2.05, 4.69) is 41.5 Å². The van der Waals surface area contributed by atoms with Gasteiger partial charge in [-0.3, -0.25) is 0 Å². The first kappa shape index (κ1) is 13.0. The molecule has 79 valence electrons. The highest BCUT2D eigenvalue weighted by Gasteiger charge is 2.37. The summed E-state index contributed by atoms with van der Waals surface area (Å²) < 4.78 is 0. The highest BCUT2D eigenvalue weighted by molar-refractivity contribution is 4.88. The fraction of sp³-hybridized carbons (Fsp3) is 0.923. The Hall–Kier alpha value is 0. The van der Waals surface area contributed by atoms with Crippen LogP contribution in [-0.4, -0.2) is 0 Å². The summed E-state index contributed by atoms with van der Waals surface area (Å²) in [6, 6.07) is 0. The molecule has 0 nitrogen and oxygen atoms in total. The summed E-state index contributed by atoms with van der Waals surface area (Å²) in [7, 11) is 0. The van der Waals surface area contributed by atoms with E-state index in [0.717, 1.165) is 6.42 Å². The van der Waals surface area contributed by atoms with Gasteiger partial charge in [-0.15, -0.1) is 0 Å². The standard InChI is InChI=1S/C13H27/c1-7-10-11-13(8-2,9-3)12(4,5)6/h1,7-11H2,2-6H3. The summed E-state index contributed by atoms with van der Waals surface area (Å²) in [6.07, 6.45) is 6.30. The topological polar surface area (TPSA) is 0 Å². The van der Waals surface area contributed by atoms with E-state index >= 15 is 0 Å². The summed E-state index contributed by atoms with van der Waals surface area (Å²) >= 11 is 0. The first-order valence-corrected chi connectivity index (χ1v) is 5.72. The maximum absolute atomic E-state index is 3.94. The van der Waals surface area contributed by atoms with Crippen molar-refractivity contribution in [1.82, 2.24) is 0 Å². The summed E-state index contributed by atoms with van der Waals surface area (Å²) in [5.41, 5.74) is 0.969. The van der Waals surface area contributed by atoms with Gasteiger partial charge in [0.15, 0.2) is 0 Å². The second-order valence-electron chi connectivity index (χ2n) is 5.19. The van der Waals surface area contributed by atoms with Crippen LogP contribution in [0.2, 0.25) is 0 Å². The molecule has 1 radical (unpaired) electrons. The molecule has 0 spiro atoms. The van der Waals surface area contributed by atoms with Crippen LogP contribution in [0.15, 0.2) is 0 Å². The van der Waals surface area contributed by atoms with Gasteiger partial charge >= 0.3 is 0 Å². The number of rotatable bonds is 5. The van der Waals surface area contributed by atoms with Crippen LogP contribution in [-0.2, 0) is 0 Å². The van der Waals surface area contributed by atoms with Crippen molar-refractivity contribution in [2.75, 3.05) is 0 Å². The number of hydrogen-bond acceptors (Lipinski definition) is 0. The second kappa shape index (κ2) is 5.02. The fourth-order valence-electron chi connectivity index (χ4n) is 2.50. The Labute approximate surface area is 85.1 Å². The van der Waals surface area contributed by atoms with Crippen molar-refractivity contribution < 1.29 is 0 Å². The molecule has 0 aromatic heterocycles. The Kier molecular flexibility index (Phi) is 5.02. The maximum Gasteiger partial charge on any atom is -0.0254 e. The molecule has 0 fully saturated rings. The normalized spacial score (nSPS) is 13.4. The summed E-state index contributed by atoms with van der Waals surface area (Å²) in [4.78, 5) is 0. The van der Waals surface area contributed by atoms with E-state index in [4.69, 9.17) is 0 Å². The lowest BCUT2D eigenvalue weighted by atomic mass is 9.61. The van der Waals surface area contributed by atoms with Crippen LogP contribution in [0.4, 0.5) is 0 Å². The Balaban J connectivity index is 4.50. The van der Waals surface area contributed by atoms with Gasteiger partial charge in [0.25, 0.3) is 0 Å². The molecular weight excluding hydrogens is 156 g/mol. The van der Waals surface area contributed by atoms with E-state index in [1.165, 1.54) is 25.7 Å². The lowest BCUT2D eigenvalue weighted by Gasteiger charge is -2.44. The molecule has 0 amide bonds. The van der Waals surface area contributed by atoms with Gasteiger partial charge in [0.1, 0.15) is 0 Å². The van der Waals surface area contributed by atoms with Gasteiger partial charge in [-0.2, -0.15) is 0 Å². The predicted molar refractivity (Wildman–Crippen MR) is 61.7 cm³/mol. The van der Waals surface area contributed by atoms with Crippen LogP contribution < -0.4 is 0 Å². The first-order chi connectivity index (χ1) is 5.93. The lowest BCUT2D eigenvalue weighted by Crippen LogP contribution is -2.34. The van der Waals surface area contributed by atoms with E-state index in [9.17, 15) is 0 Å². The highest BCUT2D eigenvalue weighted by Crippen LogP contribution is 2.48. The van der Waals surface area contributed by atoms with Crippen molar-refractivity contribution in [3.05, 3.63) is 6.92 Å². The maximum atomic E-state index is 3.94. The zero-order valence-corrected chi connectivity index (χ0v) is 10.2. The molecule has 0 saturated carbocycles. The van der Waals surface area contributed by atoms with Crippen molar-refractivity contribution >= 4 is 0 Å². The molecule has 0 atom stereocenters. The van der Waals surface area contributed by atoms with E-state index in [1.54, 1.807) is 0 Å². The molecule has 0 aliphatic heterocycles. The Morgan fingerprint density at radius 3 is 1.69 bits per heavy atom. The molecule has 0 unspecified atom stereocenters. The summed E-state index contributed by atoms with van der Waals surface area (Å²) in [5.74, 6) is 0. The summed E-state index contributed by atoms with van der Waals surface area (Å²) in [6.45, 7) is 15.7. The van der Waals surface area contributed by atoms with Gasteiger partial charge in [0.2, 0.25) is 0 Å². The van der Waals surface area contributed by atoms with Crippen LogP contribution in [0, 0.1) is 17.8 Å². The second-order valence-corrected chi connectivity index (χ2v) is 5.19. The first-order valence-electron chi connectivity index (χ1n) is 5.72. The zero-order chi connectivity index (χ0) is 10.5. The quantitative estimate of drug-likeness (QED) is 0.572. The number of hydrogen-bond donors (Lipinski definition) is 0. The van der Waals surface area contributed by atoms with E-state index in [-0.39, 0.29) is 0 Å². The Bertz CT molecular complexity index is 123.